The second kappa shape index (κ2) is 7.11. The standard InChI is InChI=1S/C22H25N3O3/c1-26-13-11-25-16-23-20-18-4-2-3-5-19(18)28-22(21(20)25)7-9-24(10-8-22)14-17-6-12-27-15-17/h2-6,12,15-16H,7-11,13-14H2,1H3. The second-order valence-electron chi connectivity index (χ2n) is 7.63. The molecular formula is C22H25N3O3. The van der Waals surface area contributed by atoms with Crippen LogP contribution in [0.2, 0.25) is 0 Å². The summed E-state index contributed by atoms with van der Waals surface area (Å²) in [6.45, 7) is 4.31. The van der Waals surface area contributed by atoms with Crippen LogP contribution in [-0.2, 0) is 23.4 Å². The van der Waals surface area contributed by atoms with Gasteiger partial charge in [-0.25, -0.2) is 4.98 Å². The summed E-state index contributed by atoms with van der Waals surface area (Å²) < 4.78 is 19.5. The molecule has 6 heteroatoms. The number of furan rings is 1. The lowest BCUT2D eigenvalue weighted by molar-refractivity contribution is -0.0136. The summed E-state index contributed by atoms with van der Waals surface area (Å²) in [6, 6.07) is 10.3. The average molecular weight is 379 g/mol. The van der Waals surface area contributed by atoms with Crippen LogP contribution in [0.4, 0.5) is 0 Å². The van der Waals surface area contributed by atoms with Crippen molar-refractivity contribution in [3.05, 3.63) is 60.4 Å². The number of benzene rings is 1. The van der Waals surface area contributed by atoms with Gasteiger partial charge in [0.25, 0.3) is 0 Å². The van der Waals surface area contributed by atoms with Crippen LogP contribution in [0.5, 0.6) is 5.75 Å². The van der Waals surface area contributed by atoms with Gasteiger partial charge in [-0.1, -0.05) is 12.1 Å². The van der Waals surface area contributed by atoms with Gasteiger partial charge >= 0.3 is 0 Å². The maximum Gasteiger partial charge on any atom is 0.153 e. The summed E-state index contributed by atoms with van der Waals surface area (Å²) in [5.74, 6) is 0.940. The summed E-state index contributed by atoms with van der Waals surface area (Å²) >= 11 is 0. The molecular weight excluding hydrogens is 354 g/mol. The first kappa shape index (κ1) is 17.5. The highest BCUT2D eigenvalue weighted by atomic mass is 16.5. The van der Waals surface area contributed by atoms with Gasteiger partial charge in [0, 0.05) is 57.3 Å². The Hall–Kier alpha value is -2.57. The molecule has 1 saturated heterocycles. The van der Waals surface area contributed by atoms with Gasteiger partial charge in [0.05, 0.1) is 36.8 Å². The van der Waals surface area contributed by atoms with Crippen molar-refractivity contribution in [1.29, 1.82) is 0 Å². The topological polar surface area (TPSA) is 52.7 Å². The Morgan fingerprint density at radius 2 is 2.04 bits per heavy atom. The lowest BCUT2D eigenvalue weighted by atomic mass is 9.83. The maximum atomic E-state index is 6.70. The van der Waals surface area contributed by atoms with Gasteiger partial charge in [0.2, 0.25) is 0 Å². The molecule has 2 aliphatic heterocycles. The van der Waals surface area contributed by atoms with Gasteiger partial charge < -0.3 is 18.5 Å². The first-order chi connectivity index (χ1) is 13.8. The molecule has 0 saturated carbocycles. The third kappa shape index (κ3) is 2.93. The van der Waals surface area contributed by atoms with Gasteiger partial charge in [-0.05, 0) is 18.2 Å². The van der Waals surface area contributed by atoms with E-state index in [-0.39, 0.29) is 5.60 Å². The Balaban J connectivity index is 1.46. The minimum atomic E-state index is -0.333. The van der Waals surface area contributed by atoms with Gasteiger partial charge in [-0.3, -0.25) is 4.90 Å². The molecule has 0 atom stereocenters. The zero-order chi connectivity index (χ0) is 19.0. The summed E-state index contributed by atoms with van der Waals surface area (Å²) in [6.07, 6.45) is 7.38. The fraction of sp³-hybridized carbons (Fsp3) is 0.409. The third-order valence-electron chi connectivity index (χ3n) is 5.90. The minimum absolute atomic E-state index is 0.333. The van der Waals surface area contributed by atoms with Crippen molar-refractivity contribution < 1.29 is 13.9 Å². The van der Waals surface area contributed by atoms with Gasteiger partial charge in [0.1, 0.15) is 5.75 Å². The molecule has 0 aliphatic carbocycles. The zero-order valence-corrected chi connectivity index (χ0v) is 16.1. The van der Waals surface area contributed by atoms with E-state index in [9.17, 15) is 0 Å². The number of imidazole rings is 1. The molecule has 4 heterocycles. The van der Waals surface area contributed by atoms with E-state index in [1.807, 2.05) is 30.8 Å². The molecule has 1 spiro atoms. The lowest BCUT2D eigenvalue weighted by Crippen LogP contribution is -2.48. The number of aromatic nitrogens is 2. The van der Waals surface area contributed by atoms with Crippen molar-refractivity contribution in [2.75, 3.05) is 26.8 Å². The number of piperidine rings is 1. The molecule has 2 aliphatic rings. The zero-order valence-electron chi connectivity index (χ0n) is 16.1. The lowest BCUT2D eigenvalue weighted by Gasteiger charge is -2.44. The minimum Gasteiger partial charge on any atom is -0.480 e. The fourth-order valence-corrected chi connectivity index (χ4v) is 4.48. The summed E-state index contributed by atoms with van der Waals surface area (Å²) in [5.41, 5.74) is 4.23. The molecule has 0 unspecified atom stereocenters. The molecule has 2 aromatic heterocycles. The highest BCUT2D eigenvalue weighted by Gasteiger charge is 2.46. The Bertz CT molecular complexity index is 940. The van der Waals surface area contributed by atoms with E-state index >= 15 is 0 Å². The number of hydrogen-bond donors (Lipinski definition) is 0. The molecule has 0 N–H and O–H groups in total. The predicted molar refractivity (Wildman–Crippen MR) is 105 cm³/mol. The van der Waals surface area contributed by atoms with Crippen molar-refractivity contribution >= 4 is 0 Å². The normalized spacial score (nSPS) is 17.9. The molecule has 1 fully saturated rings. The van der Waals surface area contributed by atoms with Crippen LogP contribution in [0, 0.1) is 0 Å². The number of nitrogens with zero attached hydrogens (tertiary/aromatic N) is 3. The first-order valence-electron chi connectivity index (χ1n) is 9.85. The third-order valence-corrected chi connectivity index (χ3v) is 5.90. The van der Waals surface area contributed by atoms with Crippen LogP contribution in [0.15, 0.2) is 53.6 Å². The van der Waals surface area contributed by atoms with E-state index in [4.69, 9.17) is 18.9 Å². The van der Waals surface area contributed by atoms with Crippen molar-refractivity contribution in [3.63, 3.8) is 0 Å². The Morgan fingerprint density at radius 3 is 2.82 bits per heavy atom. The molecule has 5 rings (SSSR count). The maximum absolute atomic E-state index is 6.70. The van der Waals surface area contributed by atoms with E-state index in [0.717, 1.165) is 56.0 Å². The molecule has 1 aromatic carbocycles. The Labute approximate surface area is 164 Å². The van der Waals surface area contributed by atoms with Crippen LogP contribution in [0.1, 0.15) is 24.1 Å². The molecule has 28 heavy (non-hydrogen) atoms. The number of fused-ring (bicyclic) bond motifs is 4. The van der Waals surface area contributed by atoms with Crippen molar-refractivity contribution in [1.82, 2.24) is 14.5 Å². The van der Waals surface area contributed by atoms with Crippen LogP contribution in [0.25, 0.3) is 11.3 Å². The number of rotatable bonds is 5. The molecule has 0 bridgehead atoms. The van der Waals surface area contributed by atoms with Crippen LogP contribution in [-0.4, -0.2) is 41.3 Å². The quantitative estimate of drug-likeness (QED) is 0.677. The smallest absolute Gasteiger partial charge is 0.153 e. The summed E-state index contributed by atoms with van der Waals surface area (Å²) in [4.78, 5) is 7.25. The van der Waals surface area contributed by atoms with Gasteiger partial charge in [-0.2, -0.15) is 0 Å². The fourth-order valence-electron chi connectivity index (χ4n) is 4.48. The van der Waals surface area contributed by atoms with Crippen LogP contribution in [0.3, 0.4) is 0 Å². The largest absolute Gasteiger partial charge is 0.480 e. The Kier molecular flexibility index (Phi) is 4.45. The Morgan fingerprint density at radius 1 is 1.18 bits per heavy atom. The molecule has 6 nitrogen and oxygen atoms in total. The number of hydrogen-bond acceptors (Lipinski definition) is 5. The van der Waals surface area contributed by atoms with E-state index in [1.165, 1.54) is 11.3 Å². The van der Waals surface area contributed by atoms with E-state index < -0.39 is 0 Å². The summed E-state index contributed by atoms with van der Waals surface area (Å²) in [7, 11) is 1.74. The van der Waals surface area contributed by atoms with Crippen molar-refractivity contribution in [3.8, 4) is 17.0 Å². The van der Waals surface area contributed by atoms with Crippen molar-refractivity contribution in [2.45, 2.75) is 31.5 Å². The average Bonchev–Trinajstić information content (AvgIpc) is 3.39. The SMILES string of the molecule is COCCn1cnc2c1C1(CCN(Cc3ccoc3)CC1)Oc1ccccc1-2. The first-order valence-corrected chi connectivity index (χ1v) is 9.85. The molecule has 0 amide bonds. The second-order valence-corrected chi connectivity index (χ2v) is 7.63. The number of likely N-dealkylation sites (tertiary alicyclic amines) is 1. The van der Waals surface area contributed by atoms with E-state index in [1.54, 1.807) is 13.4 Å². The number of methoxy groups -OCH3 is 1. The summed E-state index contributed by atoms with van der Waals surface area (Å²) in [5, 5.41) is 0. The molecule has 3 aromatic rings. The number of para-hydroxylation sites is 1. The van der Waals surface area contributed by atoms with E-state index in [2.05, 4.69) is 21.6 Å². The number of ether oxygens (including phenoxy) is 2. The van der Waals surface area contributed by atoms with Gasteiger partial charge in [-0.15, -0.1) is 0 Å². The predicted octanol–water partition coefficient (Wildman–Crippen LogP) is 3.67. The molecule has 0 radical (unpaired) electrons. The van der Waals surface area contributed by atoms with Crippen LogP contribution < -0.4 is 4.74 Å². The highest BCUT2D eigenvalue weighted by molar-refractivity contribution is 5.72. The molecule has 146 valence electrons. The van der Waals surface area contributed by atoms with E-state index in [0.29, 0.717) is 6.61 Å². The highest BCUT2D eigenvalue weighted by Crippen LogP contribution is 2.49. The van der Waals surface area contributed by atoms with Crippen molar-refractivity contribution in [2.24, 2.45) is 0 Å². The monoisotopic (exact) mass is 379 g/mol. The van der Waals surface area contributed by atoms with Gasteiger partial charge in [0.15, 0.2) is 5.60 Å². The van der Waals surface area contributed by atoms with Crippen LogP contribution >= 0.6 is 0 Å².